The summed E-state index contributed by atoms with van der Waals surface area (Å²) < 4.78 is 7.54. The lowest BCUT2D eigenvalue weighted by molar-refractivity contribution is -0.114. The zero-order valence-corrected chi connectivity index (χ0v) is 17.1. The SMILES string of the molecule is CC(=O)Nc1ccc(Nc2nc3cccc(-c4ccc(OC(C)C)cc4)n3n2)cc1. The molecule has 0 aliphatic rings. The Morgan fingerprint density at radius 3 is 2.33 bits per heavy atom. The second-order valence-corrected chi connectivity index (χ2v) is 7.19. The van der Waals surface area contributed by atoms with Gasteiger partial charge in [0.1, 0.15) is 5.75 Å². The van der Waals surface area contributed by atoms with E-state index in [4.69, 9.17) is 4.74 Å². The quantitative estimate of drug-likeness (QED) is 0.481. The molecule has 0 aliphatic heterocycles. The van der Waals surface area contributed by atoms with Gasteiger partial charge in [-0.05, 0) is 74.5 Å². The van der Waals surface area contributed by atoms with Crippen molar-refractivity contribution in [2.45, 2.75) is 26.9 Å². The Hall–Kier alpha value is -3.87. The summed E-state index contributed by atoms with van der Waals surface area (Å²) in [5.41, 5.74) is 4.27. The molecular formula is C23H23N5O2. The molecule has 0 fully saturated rings. The van der Waals surface area contributed by atoms with Gasteiger partial charge in [-0.2, -0.15) is 4.98 Å². The van der Waals surface area contributed by atoms with E-state index in [1.165, 1.54) is 6.92 Å². The van der Waals surface area contributed by atoms with Gasteiger partial charge in [-0.3, -0.25) is 4.79 Å². The highest BCUT2D eigenvalue weighted by Crippen LogP contribution is 2.25. The molecular weight excluding hydrogens is 378 g/mol. The number of ether oxygens (including phenoxy) is 1. The lowest BCUT2D eigenvalue weighted by Crippen LogP contribution is -2.05. The summed E-state index contributed by atoms with van der Waals surface area (Å²) in [7, 11) is 0. The van der Waals surface area contributed by atoms with Crippen LogP contribution in [0.25, 0.3) is 16.9 Å². The van der Waals surface area contributed by atoms with E-state index in [-0.39, 0.29) is 12.0 Å². The highest BCUT2D eigenvalue weighted by Gasteiger charge is 2.10. The summed E-state index contributed by atoms with van der Waals surface area (Å²) >= 11 is 0. The average molecular weight is 401 g/mol. The summed E-state index contributed by atoms with van der Waals surface area (Å²) in [5.74, 6) is 1.23. The van der Waals surface area contributed by atoms with Crippen molar-refractivity contribution in [1.82, 2.24) is 14.6 Å². The molecule has 152 valence electrons. The Bertz CT molecular complexity index is 1160. The Morgan fingerprint density at radius 2 is 1.67 bits per heavy atom. The molecule has 7 nitrogen and oxygen atoms in total. The van der Waals surface area contributed by atoms with Crippen LogP contribution in [0.15, 0.2) is 66.7 Å². The van der Waals surface area contributed by atoms with Crippen molar-refractivity contribution in [3.8, 4) is 17.0 Å². The first-order valence-electron chi connectivity index (χ1n) is 9.75. The van der Waals surface area contributed by atoms with E-state index in [2.05, 4.69) is 20.7 Å². The summed E-state index contributed by atoms with van der Waals surface area (Å²) in [6.45, 7) is 5.49. The van der Waals surface area contributed by atoms with Gasteiger partial charge in [0.05, 0.1) is 11.8 Å². The van der Waals surface area contributed by atoms with Crippen molar-refractivity contribution >= 4 is 28.9 Å². The molecule has 0 atom stereocenters. The number of carbonyl (C=O) groups excluding carboxylic acids is 1. The number of hydrogen-bond acceptors (Lipinski definition) is 5. The minimum atomic E-state index is -0.103. The smallest absolute Gasteiger partial charge is 0.247 e. The first kappa shape index (κ1) is 19.4. The maximum atomic E-state index is 11.1. The molecule has 2 N–H and O–H groups in total. The van der Waals surface area contributed by atoms with Crippen LogP contribution in [0.2, 0.25) is 0 Å². The Morgan fingerprint density at radius 1 is 0.967 bits per heavy atom. The first-order valence-corrected chi connectivity index (χ1v) is 9.75. The second kappa shape index (κ2) is 8.24. The van der Waals surface area contributed by atoms with Crippen molar-refractivity contribution in [2.75, 3.05) is 10.6 Å². The fraction of sp³-hybridized carbons (Fsp3) is 0.174. The van der Waals surface area contributed by atoms with E-state index >= 15 is 0 Å². The predicted molar refractivity (Wildman–Crippen MR) is 118 cm³/mol. The molecule has 0 aliphatic carbocycles. The number of amides is 1. The maximum absolute atomic E-state index is 11.1. The van der Waals surface area contributed by atoms with Crippen molar-refractivity contribution in [1.29, 1.82) is 0 Å². The number of fused-ring (bicyclic) bond motifs is 1. The van der Waals surface area contributed by atoms with Crippen molar-refractivity contribution in [2.24, 2.45) is 0 Å². The lowest BCUT2D eigenvalue weighted by atomic mass is 10.1. The van der Waals surface area contributed by atoms with Crippen LogP contribution in [0.3, 0.4) is 0 Å². The van der Waals surface area contributed by atoms with E-state index < -0.39 is 0 Å². The summed E-state index contributed by atoms with van der Waals surface area (Å²) in [6.07, 6.45) is 0.135. The van der Waals surface area contributed by atoms with Gasteiger partial charge in [-0.15, -0.1) is 5.10 Å². The monoisotopic (exact) mass is 401 g/mol. The highest BCUT2D eigenvalue weighted by molar-refractivity contribution is 5.88. The summed E-state index contributed by atoms with van der Waals surface area (Å²) in [6, 6.07) is 21.2. The fourth-order valence-electron chi connectivity index (χ4n) is 3.12. The number of nitrogens with zero attached hydrogens (tertiary/aromatic N) is 3. The molecule has 2 aromatic heterocycles. The molecule has 0 unspecified atom stereocenters. The third-order valence-corrected chi connectivity index (χ3v) is 4.34. The summed E-state index contributed by atoms with van der Waals surface area (Å²) in [5, 5.41) is 10.6. The lowest BCUT2D eigenvalue weighted by Gasteiger charge is -2.10. The molecule has 0 saturated heterocycles. The average Bonchev–Trinajstić information content (AvgIpc) is 3.12. The van der Waals surface area contributed by atoms with Crippen LogP contribution < -0.4 is 15.4 Å². The van der Waals surface area contributed by atoms with Crippen molar-refractivity contribution in [3.05, 3.63) is 66.7 Å². The fourth-order valence-corrected chi connectivity index (χ4v) is 3.12. The number of rotatable bonds is 6. The molecule has 2 heterocycles. The van der Waals surface area contributed by atoms with Gasteiger partial charge < -0.3 is 15.4 Å². The van der Waals surface area contributed by atoms with Crippen LogP contribution in [-0.2, 0) is 4.79 Å². The largest absolute Gasteiger partial charge is 0.491 e. The van der Waals surface area contributed by atoms with Crippen LogP contribution in [0.4, 0.5) is 17.3 Å². The van der Waals surface area contributed by atoms with Crippen LogP contribution in [0, 0.1) is 0 Å². The van der Waals surface area contributed by atoms with E-state index in [1.807, 2.05) is 85.1 Å². The van der Waals surface area contributed by atoms with Crippen LogP contribution >= 0.6 is 0 Å². The highest BCUT2D eigenvalue weighted by atomic mass is 16.5. The maximum Gasteiger partial charge on any atom is 0.247 e. The topological polar surface area (TPSA) is 80.5 Å². The molecule has 0 spiro atoms. The molecule has 0 radical (unpaired) electrons. The van der Waals surface area contributed by atoms with E-state index in [1.54, 1.807) is 0 Å². The number of carbonyl (C=O) groups is 1. The number of anilines is 3. The molecule has 7 heteroatoms. The van der Waals surface area contributed by atoms with Gasteiger partial charge in [0.2, 0.25) is 11.9 Å². The number of hydrogen-bond donors (Lipinski definition) is 2. The standard InChI is InChI=1S/C23H23N5O2/c1-15(2)30-20-13-7-17(8-14-20)21-5-4-6-22-26-23(27-28(21)22)25-19-11-9-18(10-12-19)24-16(3)29/h4-15H,1-3H3,(H,24,29)(H,25,27). The normalized spacial score (nSPS) is 10.9. The zero-order chi connectivity index (χ0) is 21.1. The van der Waals surface area contributed by atoms with Gasteiger partial charge >= 0.3 is 0 Å². The first-order chi connectivity index (χ1) is 14.5. The van der Waals surface area contributed by atoms with E-state index in [0.717, 1.165) is 34.0 Å². The van der Waals surface area contributed by atoms with Gasteiger partial charge in [-0.1, -0.05) is 6.07 Å². The third kappa shape index (κ3) is 4.41. The number of aromatic nitrogens is 3. The van der Waals surface area contributed by atoms with Crippen LogP contribution in [0.5, 0.6) is 5.75 Å². The van der Waals surface area contributed by atoms with E-state index in [9.17, 15) is 4.79 Å². The molecule has 4 rings (SSSR count). The molecule has 2 aromatic carbocycles. The van der Waals surface area contributed by atoms with E-state index in [0.29, 0.717) is 5.95 Å². The van der Waals surface area contributed by atoms with Crippen molar-refractivity contribution < 1.29 is 9.53 Å². The molecule has 1 amide bonds. The molecule has 0 saturated carbocycles. The van der Waals surface area contributed by atoms with Crippen LogP contribution in [0.1, 0.15) is 20.8 Å². The zero-order valence-electron chi connectivity index (χ0n) is 17.1. The predicted octanol–water partition coefficient (Wildman–Crippen LogP) is 4.89. The molecule has 0 bridgehead atoms. The van der Waals surface area contributed by atoms with Gasteiger partial charge in [0.15, 0.2) is 5.65 Å². The Balaban J connectivity index is 1.58. The minimum absolute atomic E-state index is 0.103. The number of nitrogens with one attached hydrogen (secondary N) is 2. The Labute approximate surface area is 174 Å². The second-order valence-electron chi connectivity index (χ2n) is 7.19. The van der Waals surface area contributed by atoms with Crippen molar-refractivity contribution in [3.63, 3.8) is 0 Å². The summed E-state index contributed by atoms with van der Waals surface area (Å²) in [4.78, 5) is 15.7. The van der Waals surface area contributed by atoms with Gasteiger partial charge in [0, 0.05) is 23.9 Å². The molecule has 4 aromatic rings. The minimum Gasteiger partial charge on any atom is -0.491 e. The van der Waals surface area contributed by atoms with Gasteiger partial charge in [-0.25, -0.2) is 4.52 Å². The van der Waals surface area contributed by atoms with Crippen LogP contribution in [-0.4, -0.2) is 26.6 Å². The van der Waals surface area contributed by atoms with Gasteiger partial charge in [0.25, 0.3) is 0 Å². The molecule has 30 heavy (non-hydrogen) atoms. The third-order valence-electron chi connectivity index (χ3n) is 4.34. The number of benzene rings is 2. The Kier molecular flexibility index (Phi) is 5.34. The number of pyridine rings is 1.